The lowest BCUT2D eigenvalue weighted by Crippen LogP contribution is -2.44. The second kappa shape index (κ2) is 8.71. The zero-order valence-electron chi connectivity index (χ0n) is 17.2. The number of amides is 1. The summed E-state index contributed by atoms with van der Waals surface area (Å²) in [5, 5.41) is 12.2. The summed E-state index contributed by atoms with van der Waals surface area (Å²) < 4.78 is 48.2. The molecule has 2 aliphatic heterocycles. The number of aromatic nitrogens is 2. The Labute approximate surface area is 182 Å². The number of anilines is 1. The van der Waals surface area contributed by atoms with Crippen molar-refractivity contribution in [1.82, 2.24) is 14.5 Å². The van der Waals surface area contributed by atoms with Crippen molar-refractivity contribution in [3.05, 3.63) is 41.2 Å². The number of alkyl halides is 3. The molecule has 1 amide bonds. The summed E-state index contributed by atoms with van der Waals surface area (Å²) in [6.45, 7) is 1.40. The predicted molar refractivity (Wildman–Crippen MR) is 107 cm³/mol. The molecule has 1 unspecified atom stereocenters. The van der Waals surface area contributed by atoms with Gasteiger partial charge >= 0.3 is 12.3 Å². The number of carboxylic acids is 1. The van der Waals surface area contributed by atoms with Gasteiger partial charge in [0.1, 0.15) is 5.75 Å². The van der Waals surface area contributed by atoms with Gasteiger partial charge in [-0.3, -0.25) is 9.59 Å². The molecule has 1 atom stereocenters. The van der Waals surface area contributed by atoms with Crippen molar-refractivity contribution < 1.29 is 32.6 Å². The van der Waals surface area contributed by atoms with Crippen molar-refractivity contribution in [2.75, 3.05) is 18.5 Å². The van der Waals surface area contributed by atoms with E-state index in [1.165, 1.54) is 6.07 Å². The Kier molecular flexibility index (Phi) is 5.98. The van der Waals surface area contributed by atoms with Gasteiger partial charge < -0.3 is 19.7 Å². The van der Waals surface area contributed by atoms with Crippen molar-refractivity contribution in [1.29, 1.82) is 0 Å². The van der Waals surface area contributed by atoms with Crippen LogP contribution >= 0.6 is 0 Å². The van der Waals surface area contributed by atoms with Crippen LogP contribution in [0.5, 0.6) is 5.75 Å². The Balaban J connectivity index is 1.47. The van der Waals surface area contributed by atoms with Crippen molar-refractivity contribution in [2.45, 2.75) is 45.1 Å². The van der Waals surface area contributed by atoms with Crippen LogP contribution in [0.2, 0.25) is 0 Å². The number of aryl methyl sites for hydroxylation is 1. The van der Waals surface area contributed by atoms with E-state index in [4.69, 9.17) is 9.84 Å². The lowest BCUT2D eigenvalue weighted by atomic mass is 9.94. The van der Waals surface area contributed by atoms with E-state index in [-0.39, 0.29) is 11.3 Å². The molecule has 11 heteroatoms. The number of imidazole rings is 1. The second-order valence-electron chi connectivity index (χ2n) is 7.95. The average Bonchev–Trinajstić information content (AvgIpc) is 3.08. The highest BCUT2D eigenvalue weighted by Gasteiger charge is 2.45. The number of aliphatic carboxylic acids is 1. The molecule has 0 saturated carbocycles. The number of carboxylic acid groups (broad SMARTS) is 1. The Morgan fingerprint density at radius 3 is 2.84 bits per heavy atom. The largest absolute Gasteiger partial charge is 0.493 e. The maximum atomic E-state index is 13.5. The number of hydrogen-bond donors (Lipinski definition) is 2. The summed E-state index contributed by atoms with van der Waals surface area (Å²) in [4.78, 5) is 27.7. The number of carbonyl (C=O) groups excluding carboxylic acids is 1. The summed E-state index contributed by atoms with van der Waals surface area (Å²) in [5.41, 5.74) is 1.66. The number of ether oxygens (including phenoxy) is 1. The van der Waals surface area contributed by atoms with Crippen molar-refractivity contribution in [3.8, 4) is 5.75 Å². The minimum absolute atomic E-state index is 0.0689. The number of carbonyl (C=O) groups is 2. The van der Waals surface area contributed by atoms with Gasteiger partial charge in [0, 0.05) is 25.7 Å². The molecule has 0 radical (unpaired) electrons. The molecule has 2 N–H and O–H groups in total. The molecule has 0 saturated heterocycles. The molecular formula is C21H23F3N4O4. The fourth-order valence-corrected chi connectivity index (χ4v) is 4.07. The van der Waals surface area contributed by atoms with E-state index >= 15 is 0 Å². The molecule has 2 aromatic rings. The molecule has 1 aromatic carbocycles. The van der Waals surface area contributed by atoms with E-state index in [0.717, 1.165) is 31.2 Å². The highest BCUT2D eigenvalue weighted by atomic mass is 19.4. The molecule has 0 aliphatic carbocycles. The van der Waals surface area contributed by atoms with E-state index in [9.17, 15) is 22.8 Å². The predicted octanol–water partition coefficient (Wildman–Crippen LogP) is 2.82. The van der Waals surface area contributed by atoms with E-state index < -0.39 is 37.1 Å². The SMILES string of the molecule is O=C(O)CC1Cc2ccc(OCCc3cn4c(n3)NCCC4)cc2CN(C(F)(F)F)C1=O. The average molecular weight is 452 g/mol. The first-order valence-corrected chi connectivity index (χ1v) is 10.3. The van der Waals surface area contributed by atoms with E-state index in [0.29, 0.717) is 29.9 Å². The molecule has 3 heterocycles. The molecule has 8 nitrogen and oxygen atoms in total. The van der Waals surface area contributed by atoms with E-state index in [1.807, 2.05) is 10.8 Å². The van der Waals surface area contributed by atoms with Gasteiger partial charge in [-0.2, -0.15) is 0 Å². The van der Waals surface area contributed by atoms with Gasteiger partial charge in [0.05, 0.1) is 31.2 Å². The normalized spacial score (nSPS) is 18.4. The van der Waals surface area contributed by atoms with Gasteiger partial charge in [-0.05, 0) is 36.1 Å². The number of nitrogens with zero attached hydrogens (tertiary/aromatic N) is 3. The van der Waals surface area contributed by atoms with Gasteiger partial charge in [-0.1, -0.05) is 6.07 Å². The van der Waals surface area contributed by atoms with Crippen molar-refractivity contribution >= 4 is 17.8 Å². The fourth-order valence-electron chi connectivity index (χ4n) is 4.07. The third kappa shape index (κ3) is 4.81. The monoisotopic (exact) mass is 452 g/mol. The zero-order chi connectivity index (χ0) is 22.9. The quantitative estimate of drug-likeness (QED) is 0.655. The van der Waals surface area contributed by atoms with Crippen LogP contribution in [0.4, 0.5) is 19.1 Å². The Hall–Kier alpha value is -3.24. The fraction of sp³-hybridized carbons (Fsp3) is 0.476. The van der Waals surface area contributed by atoms with Crippen molar-refractivity contribution in [3.63, 3.8) is 0 Å². The molecule has 172 valence electrons. The first-order chi connectivity index (χ1) is 15.2. The maximum Gasteiger partial charge on any atom is 0.487 e. The number of nitrogens with one attached hydrogen (secondary N) is 1. The summed E-state index contributed by atoms with van der Waals surface area (Å²) >= 11 is 0. The van der Waals surface area contributed by atoms with Gasteiger partial charge in [-0.25, -0.2) is 9.88 Å². The molecule has 0 spiro atoms. The number of benzene rings is 1. The lowest BCUT2D eigenvalue weighted by Gasteiger charge is -2.26. The van der Waals surface area contributed by atoms with Crippen LogP contribution in [0.15, 0.2) is 24.4 Å². The smallest absolute Gasteiger partial charge is 0.487 e. The number of halogens is 3. The number of rotatable bonds is 6. The van der Waals surface area contributed by atoms with E-state index in [2.05, 4.69) is 10.3 Å². The third-order valence-electron chi connectivity index (χ3n) is 5.63. The van der Waals surface area contributed by atoms with Gasteiger partial charge in [0.15, 0.2) is 0 Å². The number of fused-ring (bicyclic) bond motifs is 2. The van der Waals surface area contributed by atoms with E-state index in [1.54, 1.807) is 12.1 Å². The first kappa shape index (κ1) is 22.0. The van der Waals surface area contributed by atoms with Crippen LogP contribution in [0, 0.1) is 5.92 Å². The molecule has 2 aliphatic rings. The molecule has 1 aromatic heterocycles. The van der Waals surface area contributed by atoms with Crippen LogP contribution in [0.1, 0.15) is 29.7 Å². The molecular weight excluding hydrogens is 429 g/mol. The molecule has 32 heavy (non-hydrogen) atoms. The third-order valence-corrected chi connectivity index (χ3v) is 5.63. The number of hydrogen-bond acceptors (Lipinski definition) is 5. The van der Waals surface area contributed by atoms with Gasteiger partial charge in [0.2, 0.25) is 11.9 Å². The molecule has 0 bridgehead atoms. The van der Waals surface area contributed by atoms with Crippen LogP contribution < -0.4 is 10.1 Å². The second-order valence-corrected chi connectivity index (χ2v) is 7.95. The van der Waals surface area contributed by atoms with Gasteiger partial charge in [0.25, 0.3) is 0 Å². The Bertz CT molecular complexity index is 997. The van der Waals surface area contributed by atoms with Crippen LogP contribution in [-0.2, 0) is 35.5 Å². The summed E-state index contributed by atoms with van der Waals surface area (Å²) in [5.74, 6) is -2.61. The Morgan fingerprint density at radius 2 is 2.12 bits per heavy atom. The highest BCUT2D eigenvalue weighted by Crippen LogP contribution is 2.33. The lowest BCUT2D eigenvalue weighted by molar-refractivity contribution is -0.245. The molecule has 0 fully saturated rings. The van der Waals surface area contributed by atoms with Crippen molar-refractivity contribution in [2.24, 2.45) is 5.92 Å². The summed E-state index contributed by atoms with van der Waals surface area (Å²) in [6.07, 6.45) is -2.11. The standard InChI is InChI=1S/C21H23F3N4O4/c22-21(23,24)28-11-15-9-17(3-2-13(15)8-14(19(28)31)10-18(29)30)32-7-4-16-12-27-6-1-5-25-20(27)26-16/h2-3,9,12,14H,1,4-8,10-11H2,(H,25,26)(H,29,30). The van der Waals surface area contributed by atoms with Crippen LogP contribution in [0.25, 0.3) is 0 Å². The highest BCUT2D eigenvalue weighted by molar-refractivity contribution is 5.84. The van der Waals surface area contributed by atoms with Crippen LogP contribution in [0.3, 0.4) is 0 Å². The minimum Gasteiger partial charge on any atom is -0.493 e. The summed E-state index contributed by atoms with van der Waals surface area (Å²) in [6, 6.07) is 4.72. The zero-order valence-corrected chi connectivity index (χ0v) is 17.2. The molecule has 4 rings (SSSR count). The van der Waals surface area contributed by atoms with Gasteiger partial charge in [-0.15, -0.1) is 13.2 Å². The summed E-state index contributed by atoms with van der Waals surface area (Å²) in [7, 11) is 0. The Morgan fingerprint density at radius 1 is 1.31 bits per heavy atom. The van der Waals surface area contributed by atoms with Crippen LogP contribution in [-0.4, -0.2) is 50.9 Å². The minimum atomic E-state index is -4.90. The topological polar surface area (TPSA) is 96.7 Å². The maximum absolute atomic E-state index is 13.5. The first-order valence-electron chi connectivity index (χ1n) is 10.3.